The van der Waals surface area contributed by atoms with Crippen molar-refractivity contribution in [3.05, 3.63) is 66.1 Å². The molecule has 2 atom stereocenters. The van der Waals surface area contributed by atoms with Crippen LogP contribution in [-0.2, 0) is 26.2 Å². The number of H-pyrrole nitrogens is 1. The van der Waals surface area contributed by atoms with Crippen molar-refractivity contribution in [3.8, 4) is 6.07 Å². The van der Waals surface area contributed by atoms with E-state index in [9.17, 15) is 23.3 Å². The van der Waals surface area contributed by atoms with Gasteiger partial charge >= 0.3 is 5.97 Å². The Hall–Kier alpha value is -3.88. The molecule has 1 aromatic carbocycles. The van der Waals surface area contributed by atoms with Crippen LogP contribution in [0.5, 0.6) is 0 Å². The molecule has 0 aliphatic carbocycles. The molecule has 194 valence electrons. The van der Waals surface area contributed by atoms with E-state index in [0.717, 1.165) is 12.5 Å². The van der Waals surface area contributed by atoms with Crippen molar-refractivity contribution in [2.24, 2.45) is 5.92 Å². The lowest BCUT2D eigenvalue weighted by molar-refractivity contribution is -0.134. The molecule has 0 saturated carbocycles. The summed E-state index contributed by atoms with van der Waals surface area (Å²) in [6, 6.07) is 11.0. The third-order valence-electron chi connectivity index (χ3n) is 6.77. The van der Waals surface area contributed by atoms with E-state index in [1.807, 2.05) is 0 Å². The molecule has 10 nitrogen and oxygen atoms in total. The Morgan fingerprint density at radius 3 is 2.86 bits per heavy atom. The predicted octanol–water partition coefficient (Wildman–Crippen LogP) is 2.85. The molecule has 0 bridgehead atoms. The maximum absolute atomic E-state index is 13.7. The summed E-state index contributed by atoms with van der Waals surface area (Å²) in [4.78, 5) is 29.5. The van der Waals surface area contributed by atoms with Crippen molar-refractivity contribution in [1.29, 1.82) is 5.26 Å². The lowest BCUT2D eigenvalue weighted by atomic mass is 9.90. The second-order valence-electron chi connectivity index (χ2n) is 9.21. The van der Waals surface area contributed by atoms with Crippen molar-refractivity contribution in [2.45, 2.75) is 43.7 Å². The number of nitrogens with zero attached hydrogens (tertiary/aromatic N) is 3. The van der Waals surface area contributed by atoms with Crippen LogP contribution in [0.25, 0.3) is 10.9 Å². The number of piperidine rings is 1. The van der Waals surface area contributed by atoms with Crippen LogP contribution in [0.4, 0.5) is 0 Å². The number of carboxylic acids is 1. The number of carbonyl (C=O) groups excluding carboxylic acids is 1. The van der Waals surface area contributed by atoms with Crippen LogP contribution in [0.15, 0.2) is 65.3 Å². The molecule has 1 amide bonds. The Labute approximate surface area is 215 Å². The Morgan fingerprint density at radius 2 is 2.11 bits per heavy atom. The standard InChI is InChI=1S/C26H29N5O5S/c1-18(15-25(32)33)19-5-3-13-31(17-19)26(34)23(10-14-30-12-4-6-20(30)16-27)29-37(35,36)24-8-2-7-22-21(24)9-11-28-22/h2,4,6-9,11-12,15,19,23,28-29H,3,5,10,13-14,17H2,1H3,(H,32,33)/b18-15+. The molecule has 3 aromatic rings. The van der Waals surface area contributed by atoms with E-state index in [2.05, 4.69) is 15.8 Å². The highest BCUT2D eigenvalue weighted by atomic mass is 32.2. The molecular formula is C26H29N5O5S. The van der Waals surface area contributed by atoms with E-state index in [-0.39, 0.29) is 29.7 Å². The lowest BCUT2D eigenvalue weighted by Crippen LogP contribution is -2.51. The first-order chi connectivity index (χ1) is 17.7. The van der Waals surface area contributed by atoms with Crippen molar-refractivity contribution in [1.82, 2.24) is 19.2 Å². The van der Waals surface area contributed by atoms with Gasteiger partial charge in [0.05, 0.1) is 4.90 Å². The third-order valence-corrected chi connectivity index (χ3v) is 8.30. The van der Waals surface area contributed by atoms with E-state index in [1.54, 1.807) is 59.1 Å². The largest absolute Gasteiger partial charge is 0.478 e. The molecular weight excluding hydrogens is 494 g/mol. The number of fused-ring (bicyclic) bond motifs is 1. The van der Waals surface area contributed by atoms with Gasteiger partial charge in [0.1, 0.15) is 17.8 Å². The molecule has 1 saturated heterocycles. The third kappa shape index (κ3) is 5.93. The number of nitrogens with one attached hydrogen (secondary N) is 2. The predicted molar refractivity (Wildman–Crippen MR) is 137 cm³/mol. The van der Waals surface area contributed by atoms with Crippen LogP contribution in [0.1, 0.15) is 31.9 Å². The summed E-state index contributed by atoms with van der Waals surface area (Å²) >= 11 is 0. The summed E-state index contributed by atoms with van der Waals surface area (Å²) in [5.41, 5.74) is 1.75. The highest BCUT2D eigenvalue weighted by Crippen LogP contribution is 2.26. The first-order valence-corrected chi connectivity index (χ1v) is 13.5. The number of likely N-dealkylation sites (tertiary alicyclic amines) is 1. The van der Waals surface area contributed by atoms with Gasteiger partial charge in [0.2, 0.25) is 15.9 Å². The number of aromatic amines is 1. The average molecular weight is 524 g/mol. The van der Waals surface area contributed by atoms with Gasteiger partial charge in [-0.15, -0.1) is 0 Å². The molecule has 3 heterocycles. The maximum atomic E-state index is 13.7. The van der Waals surface area contributed by atoms with Crippen LogP contribution in [-0.4, -0.2) is 59.0 Å². The summed E-state index contributed by atoms with van der Waals surface area (Å²) < 4.78 is 31.3. The van der Waals surface area contributed by atoms with E-state index in [1.165, 1.54) is 6.07 Å². The van der Waals surface area contributed by atoms with E-state index < -0.39 is 22.0 Å². The average Bonchev–Trinajstić information content (AvgIpc) is 3.54. The number of carboxylic acid groups (broad SMARTS) is 1. The van der Waals surface area contributed by atoms with Gasteiger partial charge < -0.3 is 19.6 Å². The van der Waals surface area contributed by atoms with E-state index >= 15 is 0 Å². The van der Waals surface area contributed by atoms with Crippen LogP contribution < -0.4 is 4.72 Å². The monoisotopic (exact) mass is 523 g/mol. The van der Waals surface area contributed by atoms with Crippen molar-refractivity contribution < 1.29 is 23.1 Å². The number of rotatable bonds is 9. The molecule has 1 aliphatic heterocycles. The Balaban J connectivity index is 1.60. The van der Waals surface area contributed by atoms with Crippen LogP contribution >= 0.6 is 0 Å². The number of sulfonamides is 1. The minimum absolute atomic E-state index is 0.0690. The zero-order valence-corrected chi connectivity index (χ0v) is 21.2. The maximum Gasteiger partial charge on any atom is 0.328 e. The van der Waals surface area contributed by atoms with Crippen molar-refractivity contribution in [2.75, 3.05) is 13.1 Å². The Morgan fingerprint density at radius 1 is 1.30 bits per heavy atom. The Bertz CT molecular complexity index is 1480. The quantitative estimate of drug-likeness (QED) is 0.367. The van der Waals surface area contributed by atoms with E-state index in [0.29, 0.717) is 41.7 Å². The summed E-state index contributed by atoms with van der Waals surface area (Å²) in [7, 11) is -4.07. The molecule has 0 spiro atoms. The summed E-state index contributed by atoms with van der Waals surface area (Å²) in [5.74, 6) is -1.52. The van der Waals surface area contributed by atoms with Gasteiger partial charge in [-0.2, -0.15) is 9.98 Å². The van der Waals surface area contributed by atoms with Gasteiger partial charge in [-0.3, -0.25) is 4.79 Å². The number of benzene rings is 1. The summed E-state index contributed by atoms with van der Waals surface area (Å²) in [5, 5.41) is 19.0. The lowest BCUT2D eigenvalue weighted by Gasteiger charge is -2.35. The molecule has 1 fully saturated rings. The molecule has 1 aliphatic rings. The number of aryl methyl sites for hydroxylation is 1. The van der Waals surface area contributed by atoms with Crippen LogP contribution in [0, 0.1) is 17.2 Å². The minimum atomic E-state index is -4.07. The van der Waals surface area contributed by atoms with Crippen molar-refractivity contribution in [3.63, 3.8) is 0 Å². The molecule has 0 radical (unpaired) electrons. The first kappa shape index (κ1) is 26.2. The van der Waals surface area contributed by atoms with Gasteiger partial charge in [-0.25, -0.2) is 13.2 Å². The fourth-order valence-electron chi connectivity index (χ4n) is 4.84. The minimum Gasteiger partial charge on any atom is -0.478 e. The Kier molecular flexibility index (Phi) is 7.80. The highest BCUT2D eigenvalue weighted by Gasteiger charge is 2.33. The molecule has 11 heteroatoms. The zero-order chi connectivity index (χ0) is 26.6. The number of hydrogen-bond donors (Lipinski definition) is 3. The number of aliphatic carboxylic acids is 1. The van der Waals surface area contributed by atoms with Gasteiger partial charge in [-0.05, 0) is 62.4 Å². The number of hydrogen-bond acceptors (Lipinski definition) is 5. The SMILES string of the molecule is C/C(=C\C(=O)O)C1CCCN(C(=O)C(CCn2cccc2C#N)NS(=O)(=O)c2cccc3[nH]ccc23)C1. The summed E-state index contributed by atoms with van der Waals surface area (Å²) in [6.07, 6.45) is 6.09. The molecule has 2 aromatic heterocycles. The second kappa shape index (κ2) is 11.0. The fourth-order valence-corrected chi connectivity index (χ4v) is 6.28. The van der Waals surface area contributed by atoms with Gasteiger partial charge in [0, 0.05) is 49.0 Å². The number of carbonyl (C=O) groups is 2. The molecule has 2 unspecified atom stereocenters. The van der Waals surface area contributed by atoms with E-state index in [4.69, 9.17) is 5.11 Å². The molecule has 4 rings (SSSR count). The number of aromatic nitrogens is 2. The van der Waals surface area contributed by atoms with Gasteiger partial charge in [0.15, 0.2) is 0 Å². The molecule has 3 N–H and O–H groups in total. The second-order valence-corrected chi connectivity index (χ2v) is 10.9. The zero-order valence-electron chi connectivity index (χ0n) is 20.4. The summed E-state index contributed by atoms with van der Waals surface area (Å²) in [6.45, 7) is 2.76. The smallest absolute Gasteiger partial charge is 0.328 e. The van der Waals surface area contributed by atoms with Crippen molar-refractivity contribution >= 4 is 32.8 Å². The normalized spacial score (nSPS) is 17.5. The first-order valence-electron chi connectivity index (χ1n) is 12.0. The van der Waals surface area contributed by atoms with Gasteiger partial charge in [-0.1, -0.05) is 11.6 Å². The highest BCUT2D eigenvalue weighted by molar-refractivity contribution is 7.89. The molecule has 37 heavy (non-hydrogen) atoms. The number of amides is 1. The van der Waals surface area contributed by atoms with Crippen LogP contribution in [0.2, 0.25) is 0 Å². The van der Waals surface area contributed by atoms with Gasteiger partial charge in [0.25, 0.3) is 0 Å². The number of nitriles is 1. The topological polar surface area (TPSA) is 148 Å². The fraction of sp³-hybridized carbons (Fsp3) is 0.346. The van der Waals surface area contributed by atoms with Crippen LogP contribution in [0.3, 0.4) is 0 Å².